The Morgan fingerprint density at radius 2 is 0.894 bits per heavy atom. The van der Waals surface area contributed by atoms with E-state index in [1.165, 1.54) is 81.7 Å². The molecule has 47 heavy (non-hydrogen) atoms. The molecule has 6 heteroatoms. The Balaban J connectivity index is 0.000000185. The highest BCUT2D eigenvalue weighted by Gasteiger charge is 2.22. The molecule has 0 N–H and O–H groups in total. The lowest BCUT2D eigenvalue weighted by Crippen LogP contribution is -2.10. The van der Waals surface area contributed by atoms with Crippen molar-refractivity contribution in [2.45, 2.75) is 84.0 Å². The van der Waals surface area contributed by atoms with Gasteiger partial charge in [0.25, 0.3) is 0 Å². The average Bonchev–Trinajstić information content (AvgIpc) is 3.09. The summed E-state index contributed by atoms with van der Waals surface area (Å²) in [6.45, 7) is 6.67. The van der Waals surface area contributed by atoms with E-state index in [9.17, 15) is 17.6 Å². The van der Waals surface area contributed by atoms with Gasteiger partial charge >= 0.3 is 0 Å². The molecule has 0 heterocycles. The van der Waals surface area contributed by atoms with Crippen molar-refractivity contribution in [1.29, 1.82) is 0 Å². The summed E-state index contributed by atoms with van der Waals surface area (Å²) in [6, 6.07) is 21.9. The fourth-order valence-electron chi connectivity index (χ4n) is 6.99. The van der Waals surface area contributed by atoms with Gasteiger partial charge in [0.15, 0.2) is 23.1 Å². The predicted octanol–water partition coefficient (Wildman–Crippen LogP) is 12.3. The lowest BCUT2D eigenvalue weighted by atomic mass is 9.79. The number of benzene rings is 4. The number of hydrogen-bond donors (Lipinski definition) is 0. The topological polar surface area (TPSA) is 18.5 Å². The first-order valence-corrected chi connectivity index (χ1v) is 17.0. The van der Waals surface area contributed by atoms with Crippen molar-refractivity contribution in [3.63, 3.8) is 0 Å². The predicted molar refractivity (Wildman–Crippen MR) is 182 cm³/mol. The van der Waals surface area contributed by atoms with Crippen LogP contribution in [0.25, 0.3) is 22.3 Å². The number of halogens is 4. The fraction of sp³-hybridized carbons (Fsp3) is 0.415. The molecule has 6 rings (SSSR count). The van der Waals surface area contributed by atoms with Crippen LogP contribution in [0.3, 0.4) is 0 Å². The van der Waals surface area contributed by atoms with Gasteiger partial charge < -0.3 is 9.47 Å². The largest absolute Gasteiger partial charge is 0.494 e. The van der Waals surface area contributed by atoms with Crippen molar-refractivity contribution < 1.29 is 27.0 Å². The van der Waals surface area contributed by atoms with E-state index in [4.69, 9.17) is 9.47 Å². The van der Waals surface area contributed by atoms with Crippen molar-refractivity contribution >= 4 is 0 Å². The van der Waals surface area contributed by atoms with Gasteiger partial charge in [0.1, 0.15) is 0 Å². The van der Waals surface area contributed by atoms with Crippen LogP contribution >= 0.6 is 0 Å². The van der Waals surface area contributed by atoms with Gasteiger partial charge in [0.05, 0.1) is 13.7 Å². The van der Waals surface area contributed by atoms with Crippen LogP contribution in [-0.2, 0) is 0 Å². The standard InChI is InChI=1S/C21H24F2O.C20H22F2O/c1-3-24-19-13-12-18(20(22)21(19)23)17-10-8-16(9-11-17)15-6-4-14(2)5-7-15;1-13-3-5-14(6-4-13)15-7-9-16(10-8-15)17-11-12-18(23-2)20(22)19(17)21/h8-15H,3-7H2,1-2H3;7-14H,3-6H2,1-2H3. The molecule has 2 fully saturated rings. The van der Waals surface area contributed by atoms with E-state index in [1.807, 2.05) is 24.3 Å². The molecule has 0 aliphatic heterocycles. The van der Waals surface area contributed by atoms with Crippen LogP contribution in [-0.4, -0.2) is 13.7 Å². The zero-order valence-electron chi connectivity index (χ0n) is 27.9. The second-order valence-electron chi connectivity index (χ2n) is 13.3. The molecular weight excluding hydrogens is 600 g/mol. The third kappa shape index (κ3) is 8.20. The Hall–Kier alpha value is -3.80. The zero-order valence-corrected chi connectivity index (χ0v) is 27.9. The Morgan fingerprint density at radius 3 is 1.28 bits per heavy atom. The van der Waals surface area contributed by atoms with Gasteiger partial charge in [-0.15, -0.1) is 0 Å². The van der Waals surface area contributed by atoms with Gasteiger partial charge in [0, 0.05) is 11.1 Å². The SMILES string of the molecule is CCOc1ccc(-c2ccc(C3CCC(C)CC3)cc2)c(F)c1F.COc1ccc(-c2ccc(C3CCC(C)CC3)cc2)c(F)c1F. The molecule has 4 aromatic rings. The minimum absolute atomic E-state index is 0.0355. The Labute approximate surface area is 277 Å². The van der Waals surface area contributed by atoms with Crippen LogP contribution in [0.4, 0.5) is 17.6 Å². The number of methoxy groups -OCH3 is 1. The maximum absolute atomic E-state index is 14.3. The Morgan fingerprint density at radius 1 is 0.511 bits per heavy atom. The normalized spacial score (nSPS) is 21.0. The summed E-state index contributed by atoms with van der Waals surface area (Å²) in [7, 11) is 1.33. The van der Waals surface area contributed by atoms with Crippen molar-refractivity contribution in [3.8, 4) is 33.8 Å². The fourth-order valence-corrected chi connectivity index (χ4v) is 6.99. The van der Waals surface area contributed by atoms with Crippen LogP contribution in [0.2, 0.25) is 0 Å². The smallest absolute Gasteiger partial charge is 0.201 e. The van der Waals surface area contributed by atoms with E-state index in [1.54, 1.807) is 19.1 Å². The maximum Gasteiger partial charge on any atom is 0.201 e. The van der Waals surface area contributed by atoms with Gasteiger partial charge in [-0.2, -0.15) is 8.78 Å². The van der Waals surface area contributed by atoms with Crippen molar-refractivity contribution in [2.75, 3.05) is 13.7 Å². The van der Waals surface area contributed by atoms with E-state index in [0.29, 0.717) is 29.6 Å². The summed E-state index contributed by atoms with van der Waals surface area (Å²) in [5.74, 6) is -0.831. The summed E-state index contributed by atoms with van der Waals surface area (Å²) in [5.41, 5.74) is 4.54. The van der Waals surface area contributed by atoms with Crippen LogP contribution in [0.15, 0.2) is 72.8 Å². The van der Waals surface area contributed by atoms with E-state index in [2.05, 4.69) is 38.1 Å². The minimum atomic E-state index is -0.935. The van der Waals surface area contributed by atoms with Gasteiger partial charge in [0.2, 0.25) is 11.6 Å². The van der Waals surface area contributed by atoms with Crippen LogP contribution in [0, 0.1) is 35.1 Å². The van der Waals surface area contributed by atoms with Crippen LogP contribution < -0.4 is 9.47 Å². The second-order valence-corrected chi connectivity index (χ2v) is 13.3. The Bertz CT molecular complexity index is 1600. The third-order valence-electron chi connectivity index (χ3n) is 10.0. The number of rotatable bonds is 7. The molecule has 250 valence electrons. The van der Waals surface area contributed by atoms with Gasteiger partial charge in [-0.25, -0.2) is 8.78 Å². The first-order chi connectivity index (χ1) is 22.7. The molecule has 0 atom stereocenters. The summed E-state index contributed by atoms with van der Waals surface area (Å²) in [6.07, 6.45) is 9.93. The molecular formula is C41H46F4O2. The first kappa shape index (κ1) is 34.5. The molecule has 2 aliphatic rings. The van der Waals surface area contributed by atoms with E-state index in [0.717, 1.165) is 11.8 Å². The molecule has 4 aromatic carbocycles. The molecule has 0 bridgehead atoms. The highest BCUT2D eigenvalue weighted by molar-refractivity contribution is 5.66. The van der Waals surface area contributed by atoms with Crippen LogP contribution in [0.5, 0.6) is 11.5 Å². The molecule has 0 radical (unpaired) electrons. The molecule has 0 unspecified atom stereocenters. The number of hydrogen-bond acceptors (Lipinski definition) is 2. The highest BCUT2D eigenvalue weighted by atomic mass is 19.2. The van der Waals surface area contributed by atoms with Crippen molar-refractivity contribution in [2.24, 2.45) is 11.8 Å². The van der Waals surface area contributed by atoms with E-state index >= 15 is 0 Å². The third-order valence-corrected chi connectivity index (χ3v) is 10.0. The second kappa shape index (κ2) is 15.9. The summed E-state index contributed by atoms with van der Waals surface area (Å²) in [4.78, 5) is 0. The molecule has 2 saturated carbocycles. The van der Waals surface area contributed by atoms with Gasteiger partial charge in [-0.3, -0.25) is 0 Å². The van der Waals surface area contributed by atoms with Crippen molar-refractivity contribution in [1.82, 2.24) is 0 Å². The average molecular weight is 647 g/mol. The summed E-state index contributed by atoms with van der Waals surface area (Å²) < 4.78 is 66.3. The lowest BCUT2D eigenvalue weighted by molar-refractivity contribution is 0.314. The van der Waals surface area contributed by atoms with E-state index in [-0.39, 0.29) is 22.6 Å². The molecule has 0 saturated heterocycles. The summed E-state index contributed by atoms with van der Waals surface area (Å²) >= 11 is 0. The number of ether oxygens (including phenoxy) is 2. The van der Waals surface area contributed by atoms with E-state index < -0.39 is 23.3 Å². The molecule has 2 nitrogen and oxygen atoms in total. The van der Waals surface area contributed by atoms with Gasteiger partial charge in [-0.1, -0.05) is 88.1 Å². The zero-order chi connectivity index (χ0) is 33.5. The highest BCUT2D eigenvalue weighted by Crippen LogP contribution is 2.38. The van der Waals surface area contributed by atoms with Gasteiger partial charge in [-0.05, 0) is 103 Å². The van der Waals surface area contributed by atoms with Crippen molar-refractivity contribution in [3.05, 3.63) is 107 Å². The lowest BCUT2D eigenvalue weighted by Gasteiger charge is -2.26. The minimum Gasteiger partial charge on any atom is -0.494 e. The first-order valence-electron chi connectivity index (χ1n) is 17.0. The molecule has 0 amide bonds. The summed E-state index contributed by atoms with van der Waals surface area (Å²) in [5, 5.41) is 0. The molecule has 0 aromatic heterocycles. The maximum atomic E-state index is 14.3. The quantitative estimate of drug-likeness (QED) is 0.186. The molecule has 2 aliphatic carbocycles. The molecule has 0 spiro atoms. The Kier molecular flexibility index (Phi) is 11.7. The van der Waals surface area contributed by atoms with Crippen LogP contribution in [0.1, 0.15) is 95.1 Å². The monoisotopic (exact) mass is 646 g/mol.